The molecule has 0 aromatic carbocycles. The van der Waals surface area contributed by atoms with Crippen LogP contribution in [0.4, 0.5) is 0 Å². The molecule has 0 radical (unpaired) electrons. The number of nitrogens with one attached hydrogen (secondary N) is 1. The summed E-state index contributed by atoms with van der Waals surface area (Å²) < 4.78 is 0. The Balaban J connectivity index is 2.88. The van der Waals surface area contributed by atoms with Crippen LogP contribution in [-0.4, -0.2) is 17.4 Å². The normalized spacial score (nSPS) is 9.18. The second kappa shape index (κ2) is 3.27. The van der Waals surface area contributed by atoms with Gasteiger partial charge in [-0.1, -0.05) is 0 Å². The minimum absolute atomic E-state index is 0.314. The smallest absolute Gasteiger partial charge is 0.284 e. The summed E-state index contributed by atoms with van der Waals surface area (Å²) >= 11 is 1.03. The van der Waals surface area contributed by atoms with Crippen molar-refractivity contribution in [2.24, 2.45) is 0 Å². The summed E-state index contributed by atoms with van der Waals surface area (Å²) in [5, 5.41) is 8.19. The van der Waals surface area contributed by atoms with Gasteiger partial charge < -0.3 is 0 Å². The Labute approximate surface area is 66.4 Å². The number of thiophene rings is 1. The van der Waals surface area contributed by atoms with Crippen LogP contribution in [0.15, 0.2) is 12.1 Å². The second-order valence-electron chi connectivity index (χ2n) is 1.76. The third kappa shape index (κ3) is 1.63. The van der Waals surface area contributed by atoms with Crippen LogP contribution in [0.25, 0.3) is 0 Å². The van der Waals surface area contributed by atoms with Crippen LogP contribution in [0.3, 0.4) is 0 Å². The Morgan fingerprint density at radius 2 is 2.36 bits per heavy atom. The molecule has 1 amide bonds. The molecule has 1 rings (SSSR count). The van der Waals surface area contributed by atoms with E-state index in [1.807, 2.05) is 0 Å². The number of carbonyl (C=O) groups is 2. The molecule has 0 aliphatic rings. The fraction of sp³-hybridized carbons (Fsp3) is 0. The fourth-order valence-corrected chi connectivity index (χ4v) is 1.31. The molecule has 0 atom stereocenters. The van der Waals surface area contributed by atoms with Gasteiger partial charge in [0.15, 0.2) is 6.29 Å². The molecule has 1 aromatic heterocycles. The maximum Gasteiger partial charge on any atom is 0.284 e. The Bertz CT molecular complexity index is 281. The molecule has 0 aliphatic heterocycles. The molecule has 1 aromatic rings. The first kappa shape index (κ1) is 7.90. The number of hydrogen-bond donors (Lipinski definition) is 2. The van der Waals surface area contributed by atoms with E-state index in [0.717, 1.165) is 11.3 Å². The van der Waals surface area contributed by atoms with Crippen molar-refractivity contribution in [3.63, 3.8) is 0 Å². The van der Waals surface area contributed by atoms with Crippen LogP contribution < -0.4 is 5.48 Å². The lowest BCUT2D eigenvalue weighted by atomic mass is 10.4. The van der Waals surface area contributed by atoms with Gasteiger partial charge >= 0.3 is 0 Å². The average molecular weight is 171 g/mol. The van der Waals surface area contributed by atoms with Gasteiger partial charge in [-0.2, -0.15) is 0 Å². The van der Waals surface area contributed by atoms with Crippen molar-refractivity contribution < 1.29 is 14.8 Å². The van der Waals surface area contributed by atoms with E-state index in [9.17, 15) is 9.59 Å². The number of hydrogen-bond acceptors (Lipinski definition) is 4. The fourth-order valence-electron chi connectivity index (χ4n) is 0.593. The topological polar surface area (TPSA) is 66.4 Å². The predicted molar refractivity (Wildman–Crippen MR) is 39.0 cm³/mol. The highest BCUT2D eigenvalue weighted by Gasteiger charge is 2.06. The van der Waals surface area contributed by atoms with Crippen LogP contribution in [0.1, 0.15) is 19.3 Å². The molecule has 0 saturated heterocycles. The highest BCUT2D eigenvalue weighted by Crippen LogP contribution is 2.13. The van der Waals surface area contributed by atoms with E-state index in [1.54, 1.807) is 0 Å². The summed E-state index contributed by atoms with van der Waals surface area (Å²) in [6.45, 7) is 0. The summed E-state index contributed by atoms with van der Waals surface area (Å²) in [4.78, 5) is 21.6. The summed E-state index contributed by atoms with van der Waals surface area (Å²) in [5.41, 5.74) is 1.47. The van der Waals surface area contributed by atoms with E-state index in [1.165, 1.54) is 17.6 Å². The first-order chi connectivity index (χ1) is 5.27. The molecule has 0 fully saturated rings. The van der Waals surface area contributed by atoms with Gasteiger partial charge in [0, 0.05) is 0 Å². The highest BCUT2D eigenvalue weighted by molar-refractivity contribution is 7.15. The molecular formula is C6H5NO3S. The molecule has 0 saturated carbocycles. The largest absolute Gasteiger partial charge is 0.297 e. The number of aldehydes is 1. The maximum atomic E-state index is 10.7. The van der Waals surface area contributed by atoms with E-state index in [2.05, 4.69) is 0 Å². The van der Waals surface area contributed by atoms with Crippen molar-refractivity contribution in [2.45, 2.75) is 0 Å². The number of amides is 1. The van der Waals surface area contributed by atoms with Gasteiger partial charge in [0.25, 0.3) is 5.91 Å². The molecule has 2 N–H and O–H groups in total. The highest BCUT2D eigenvalue weighted by atomic mass is 32.1. The van der Waals surface area contributed by atoms with Crippen molar-refractivity contribution in [1.82, 2.24) is 5.48 Å². The van der Waals surface area contributed by atoms with Gasteiger partial charge in [-0.25, -0.2) is 5.48 Å². The Kier molecular flexibility index (Phi) is 2.35. The van der Waals surface area contributed by atoms with E-state index < -0.39 is 5.91 Å². The van der Waals surface area contributed by atoms with Gasteiger partial charge in [-0.3, -0.25) is 14.8 Å². The molecule has 0 aliphatic carbocycles. The molecule has 5 heteroatoms. The summed E-state index contributed by atoms with van der Waals surface area (Å²) in [5.74, 6) is -0.594. The first-order valence-electron chi connectivity index (χ1n) is 2.77. The minimum atomic E-state index is -0.594. The van der Waals surface area contributed by atoms with Gasteiger partial charge in [0.05, 0.1) is 9.75 Å². The molecule has 58 valence electrons. The van der Waals surface area contributed by atoms with Crippen molar-refractivity contribution in [3.05, 3.63) is 21.9 Å². The zero-order chi connectivity index (χ0) is 8.27. The molecule has 11 heavy (non-hydrogen) atoms. The summed E-state index contributed by atoms with van der Waals surface area (Å²) in [6, 6.07) is 2.99. The molecule has 0 bridgehead atoms. The third-order valence-corrected chi connectivity index (χ3v) is 2.08. The molecule has 1 heterocycles. The average Bonchev–Trinajstić information content (AvgIpc) is 2.50. The van der Waals surface area contributed by atoms with Crippen molar-refractivity contribution >= 4 is 23.5 Å². The van der Waals surface area contributed by atoms with Crippen LogP contribution in [0.5, 0.6) is 0 Å². The molecule has 0 unspecified atom stereocenters. The Hall–Kier alpha value is -1.20. The molecule has 4 nitrogen and oxygen atoms in total. The lowest BCUT2D eigenvalue weighted by Crippen LogP contribution is -2.16. The van der Waals surface area contributed by atoms with Crippen LogP contribution in [-0.2, 0) is 0 Å². The van der Waals surface area contributed by atoms with Gasteiger partial charge in [-0.15, -0.1) is 11.3 Å². The summed E-state index contributed by atoms with van der Waals surface area (Å²) in [6.07, 6.45) is 0.652. The number of hydroxylamine groups is 1. The molecular weight excluding hydrogens is 166 g/mol. The number of rotatable bonds is 2. The zero-order valence-electron chi connectivity index (χ0n) is 5.40. The van der Waals surface area contributed by atoms with Gasteiger partial charge in [0.2, 0.25) is 0 Å². The maximum absolute atomic E-state index is 10.7. The standard InChI is InChI=1S/C6H5NO3S/c8-3-4-1-2-5(11-4)6(9)7-10/h1-3,10H,(H,7,9). The van der Waals surface area contributed by atoms with E-state index in [-0.39, 0.29) is 0 Å². The van der Waals surface area contributed by atoms with Crippen molar-refractivity contribution in [2.75, 3.05) is 0 Å². The predicted octanol–water partition coefficient (Wildman–Crippen LogP) is 0.680. The lowest BCUT2D eigenvalue weighted by Gasteiger charge is -1.89. The van der Waals surface area contributed by atoms with Crippen molar-refractivity contribution in [1.29, 1.82) is 0 Å². The molecule has 0 spiro atoms. The van der Waals surface area contributed by atoms with Gasteiger partial charge in [-0.05, 0) is 12.1 Å². The lowest BCUT2D eigenvalue weighted by molar-refractivity contribution is 0.0711. The third-order valence-electron chi connectivity index (χ3n) is 1.07. The Morgan fingerprint density at radius 1 is 1.64 bits per heavy atom. The second-order valence-corrected chi connectivity index (χ2v) is 2.88. The van der Waals surface area contributed by atoms with Crippen LogP contribution >= 0.6 is 11.3 Å². The monoisotopic (exact) mass is 171 g/mol. The van der Waals surface area contributed by atoms with Crippen molar-refractivity contribution in [3.8, 4) is 0 Å². The quantitative estimate of drug-likeness (QED) is 0.390. The van der Waals surface area contributed by atoms with Crippen LogP contribution in [0, 0.1) is 0 Å². The number of carbonyl (C=O) groups excluding carboxylic acids is 2. The van der Waals surface area contributed by atoms with Crippen LogP contribution in [0.2, 0.25) is 0 Å². The zero-order valence-corrected chi connectivity index (χ0v) is 6.22. The summed E-state index contributed by atoms with van der Waals surface area (Å²) in [7, 11) is 0. The SMILES string of the molecule is O=Cc1ccc(C(=O)NO)s1. The first-order valence-corrected chi connectivity index (χ1v) is 3.59. The van der Waals surface area contributed by atoms with E-state index >= 15 is 0 Å². The minimum Gasteiger partial charge on any atom is -0.297 e. The van der Waals surface area contributed by atoms with E-state index in [0.29, 0.717) is 16.0 Å². The van der Waals surface area contributed by atoms with Gasteiger partial charge in [0.1, 0.15) is 0 Å². The Morgan fingerprint density at radius 3 is 2.82 bits per heavy atom. The van der Waals surface area contributed by atoms with E-state index in [4.69, 9.17) is 5.21 Å².